The van der Waals surface area contributed by atoms with Gasteiger partial charge in [0, 0.05) is 11.4 Å². The number of carbonyl (C=O) groups excluding carboxylic acids is 1. The molecule has 2 aromatic carbocycles. The van der Waals surface area contributed by atoms with Crippen LogP contribution in [0.5, 0.6) is 5.75 Å². The molecule has 164 valence electrons. The number of anilines is 1. The summed E-state index contributed by atoms with van der Waals surface area (Å²) in [6.07, 6.45) is 0. The number of carbonyl (C=O) groups is 1. The van der Waals surface area contributed by atoms with Crippen molar-refractivity contribution in [3.63, 3.8) is 0 Å². The molecule has 0 saturated carbocycles. The molecule has 0 atom stereocenters. The number of rotatable bonds is 7. The smallest absolute Gasteiger partial charge is 0.278 e. The minimum absolute atomic E-state index is 0.194. The Balaban J connectivity index is 1.47. The second-order valence-electron chi connectivity index (χ2n) is 7.91. The molecule has 0 aliphatic carbocycles. The van der Waals surface area contributed by atoms with Gasteiger partial charge < -0.3 is 14.6 Å². The summed E-state index contributed by atoms with van der Waals surface area (Å²) in [6, 6.07) is 17.5. The first-order valence-electron chi connectivity index (χ1n) is 10.4. The molecule has 2 aromatic heterocycles. The van der Waals surface area contributed by atoms with Gasteiger partial charge in [0.1, 0.15) is 18.1 Å². The normalized spacial score (nSPS) is 10.9. The van der Waals surface area contributed by atoms with Gasteiger partial charge in [0.15, 0.2) is 5.69 Å². The summed E-state index contributed by atoms with van der Waals surface area (Å²) in [6.45, 7) is 8.59. The zero-order chi connectivity index (χ0) is 22.7. The maximum absolute atomic E-state index is 12.9. The van der Waals surface area contributed by atoms with Gasteiger partial charge in [0.25, 0.3) is 5.91 Å². The van der Waals surface area contributed by atoms with Crippen molar-refractivity contribution >= 4 is 11.6 Å². The Labute approximate surface area is 187 Å². The van der Waals surface area contributed by atoms with Crippen LogP contribution in [-0.2, 0) is 13.2 Å². The molecule has 1 amide bonds. The molecule has 0 spiro atoms. The number of aryl methyl sites for hydroxylation is 4. The third kappa shape index (κ3) is 4.88. The first kappa shape index (κ1) is 21.4. The Hall–Kier alpha value is -3.87. The lowest BCUT2D eigenvalue weighted by Gasteiger charge is -2.09. The van der Waals surface area contributed by atoms with Gasteiger partial charge in [-0.1, -0.05) is 29.4 Å². The highest BCUT2D eigenvalue weighted by molar-refractivity contribution is 6.03. The van der Waals surface area contributed by atoms with Crippen molar-refractivity contribution in [3.8, 4) is 5.75 Å². The van der Waals surface area contributed by atoms with Crippen LogP contribution < -0.4 is 10.1 Å². The molecule has 7 heteroatoms. The first-order valence-corrected chi connectivity index (χ1v) is 10.4. The minimum Gasteiger partial charge on any atom is -0.489 e. The molecule has 2 heterocycles. The van der Waals surface area contributed by atoms with Gasteiger partial charge in [0.2, 0.25) is 0 Å². The third-order valence-electron chi connectivity index (χ3n) is 5.19. The van der Waals surface area contributed by atoms with E-state index in [1.54, 1.807) is 6.92 Å². The number of nitrogens with zero attached hydrogens (tertiary/aromatic N) is 3. The van der Waals surface area contributed by atoms with Crippen molar-refractivity contribution in [1.82, 2.24) is 14.9 Å². The van der Waals surface area contributed by atoms with Gasteiger partial charge in [-0.25, -0.2) is 0 Å². The van der Waals surface area contributed by atoms with Gasteiger partial charge in [0.05, 0.1) is 17.8 Å². The molecule has 4 aromatic rings. The van der Waals surface area contributed by atoms with Crippen LogP contribution in [0.2, 0.25) is 0 Å². The second kappa shape index (κ2) is 9.09. The lowest BCUT2D eigenvalue weighted by atomic mass is 10.1. The van der Waals surface area contributed by atoms with E-state index in [1.807, 2.05) is 80.1 Å². The van der Waals surface area contributed by atoms with E-state index in [2.05, 4.69) is 15.6 Å². The summed E-state index contributed by atoms with van der Waals surface area (Å²) in [5.41, 5.74) is 5.74. The Morgan fingerprint density at radius 2 is 1.88 bits per heavy atom. The Bertz CT molecular complexity index is 1260. The van der Waals surface area contributed by atoms with Crippen molar-refractivity contribution in [3.05, 3.63) is 94.1 Å². The monoisotopic (exact) mass is 430 g/mol. The molecule has 0 fully saturated rings. The quantitative estimate of drug-likeness (QED) is 0.447. The molecule has 0 unspecified atom stereocenters. The van der Waals surface area contributed by atoms with Crippen molar-refractivity contribution in [2.75, 3.05) is 5.32 Å². The SMILES string of the molecule is Cc1cccc(OCc2c(C(=O)Nc3cccc(Cn4nc(C)cc4C)c3)noc2C)c1. The lowest BCUT2D eigenvalue weighted by Crippen LogP contribution is -2.15. The van der Waals surface area contributed by atoms with Crippen LogP contribution in [0, 0.1) is 27.7 Å². The predicted octanol–water partition coefficient (Wildman–Crippen LogP) is 4.98. The third-order valence-corrected chi connectivity index (χ3v) is 5.19. The lowest BCUT2D eigenvalue weighted by molar-refractivity contribution is 0.101. The topological polar surface area (TPSA) is 82.2 Å². The average Bonchev–Trinajstić information content (AvgIpc) is 3.27. The molecule has 0 radical (unpaired) electrons. The summed E-state index contributed by atoms with van der Waals surface area (Å²) in [5.74, 6) is 0.947. The van der Waals surface area contributed by atoms with Gasteiger partial charge in [-0.2, -0.15) is 5.10 Å². The number of amides is 1. The van der Waals surface area contributed by atoms with E-state index in [9.17, 15) is 4.79 Å². The number of benzene rings is 2. The maximum atomic E-state index is 12.9. The van der Waals surface area contributed by atoms with Gasteiger partial charge >= 0.3 is 0 Å². The van der Waals surface area contributed by atoms with E-state index >= 15 is 0 Å². The average molecular weight is 431 g/mol. The van der Waals surface area contributed by atoms with Crippen LogP contribution in [0.1, 0.15) is 44.3 Å². The molecule has 32 heavy (non-hydrogen) atoms. The standard InChI is InChI=1S/C25H26N4O3/c1-16-7-5-10-22(11-16)31-15-23-19(4)32-28-24(23)25(30)26-21-9-6-8-20(13-21)14-29-18(3)12-17(2)27-29/h5-13H,14-15H2,1-4H3,(H,26,30). The van der Waals surface area contributed by atoms with Crippen LogP contribution in [0.15, 0.2) is 59.1 Å². The number of nitrogens with one attached hydrogen (secondary N) is 1. The molecule has 1 N–H and O–H groups in total. The Morgan fingerprint density at radius 3 is 2.62 bits per heavy atom. The van der Waals surface area contributed by atoms with Crippen molar-refractivity contribution in [2.45, 2.75) is 40.8 Å². The summed E-state index contributed by atoms with van der Waals surface area (Å²) in [7, 11) is 0. The predicted molar refractivity (Wildman–Crippen MR) is 122 cm³/mol. The van der Waals surface area contributed by atoms with E-state index < -0.39 is 0 Å². The zero-order valence-electron chi connectivity index (χ0n) is 18.7. The summed E-state index contributed by atoms with van der Waals surface area (Å²) < 4.78 is 13.1. The number of ether oxygens (including phenoxy) is 1. The highest BCUT2D eigenvalue weighted by atomic mass is 16.5. The fraction of sp³-hybridized carbons (Fsp3) is 0.240. The largest absolute Gasteiger partial charge is 0.489 e. The molecule has 4 rings (SSSR count). The van der Waals surface area contributed by atoms with Crippen molar-refractivity contribution in [1.29, 1.82) is 0 Å². The molecule has 0 saturated heterocycles. The second-order valence-corrected chi connectivity index (χ2v) is 7.91. The summed E-state index contributed by atoms with van der Waals surface area (Å²) in [5, 5.41) is 11.4. The Kier molecular flexibility index (Phi) is 6.07. The minimum atomic E-state index is -0.340. The molecule has 0 aliphatic heterocycles. The van der Waals surface area contributed by atoms with Crippen molar-refractivity contribution in [2.24, 2.45) is 0 Å². The van der Waals surface area contributed by atoms with Crippen LogP contribution in [0.3, 0.4) is 0 Å². The molecular weight excluding hydrogens is 404 g/mol. The maximum Gasteiger partial charge on any atom is 0.278 e. The number of aromatic nitrogens is 3. The number of hydrogen-bond acceptors (Lipinski definition) is 5. The highest BCUT2D eigenvalue weighted by Gasteiger charge is 2.21. The fourth-order valence-electron chi connectivity index (χ4n) is 3.55. The zero-order valence-corrected chi connectivity index (χ0v) is 18.7. The van der Waals surface area contributed by atoms with E-state index in [-0.39, 0.29) is 18.2 Å². The summed E-state index contributed by atoms with van der Waals surface area (Å²) in [4.78, 5) is 12.9. The Morgan fingerprint density at radius 1 is 1.06 bits per heavy atom. The fourth-order valence-corrected chi connectivity index (χ4v) is 3.55. The highest BCUT2D eigenvalue weighted by Crippen LogP contribution is 2.20. The molecular formula is C25H26N4O3. The van der Waals surface area contributed by atoms with Crippen LogP contribution in [-0.4, -0.2) is 20.8 Å². The van der Waals surface area contributed by atoms with Gasteiger partial charge in [-0.05, 0) is 69.2 Å². The summed E-state index contributed by atoms with van der Waals surface area (Å²) >= 11 is 0. The van der Waals surface area contributed by atoms with Gasteiger partial charge in [-0.3, -0.25) is 9.48 Å². The van der Waals surface area contributed by atoms with E-state index in [1.165, 1.54) is 0 Å². The van der Waals surface area contributed by atoms with Crippen LogP contribution in [0.4, 0.5) is 5.69 Å². The van der Waals surface area contributed by atoms with Crippen LogP contribution >= 0.6 is 0 Å². The number of hydrogen-bond donors (Lipinski definition) is 1. The molecule has 0 aliphatic rings. The van der Waals surface area contributed by atoms with E-state index in [0.29, 0.717) is 23.6 Å². The van der Waals surface area contributed by atoms with E-state index in [4.69, 9.17) is 9.26 Å². The molecule has 7 nitrogen and oxygen atoms in total. The first-order chi connectivity index (χ1) is 15.4. The van der Waals surface area contributed by atoms with Crippen LogP contribution in [0.25, 0.3) is 0 Å². The van der Waals surface area contributed by atoms with Crippen molar-refractivity contribution < 1.29 is 14.1 Å². The van der Waals surface area contributed by atoms with E-state index in [0.717, 1.165) is 28.3 Å². The molecule has 0 bridgehead atoms. The van der Waals surface area contributed by atoms with Gasteiger partial charge in [-0.15, -0.1) is 0 Å².